The molecule has 4 amide bonds. The van der Waals surface area contributed by atoms with E-state index in [1.54, 1.807) is 17.1 Å². The lowest BCUT2D eigenvalue weighted by atomic mass is 10.00. The predicted molar refractivity (Wildman–Crippen MR) is 150 cm³/mol. The van der Waals surface area contributed by atoms with Gasteiger partial charge in [0.2, 0.25) is 11.8 Å². The summed E-state index contributed by atoms with van der Waals surface area (Å²) >= 11 is 0. The fourth-order valence-electron chi connectivity index (χ4n) is 5.46. The maximum absolute atomic E-state index is 14.0. The van der Waals surface area contributed by atoms with Crippen LogP contribution in [0.3, 0.4) is 0 Å². The molecule has 2 aliphatic heterocycles. The number of phenols is 1. The fraction of sp³-hybridized carbons (Fsp3) is 0.258. The van der Waals surface area contributed by atoms with Crippen molar-refractivity contribution < 1.29 is 32.7 Å². The number of urea groups is 1. The molecule has 9 nitrogen and oxygen atoms in total. The lowest BCUT2D eigenvalue weighted by molar-refractivity contribution is -0.157. The average molecular weight is 594 g/mol. The number of carbonyl (C=O) groups excluding carboxylic acids is 3. The zero-order chi connectivity index (χ0) is 30.7. The van der Waals surface area contributed by atoms with Crippen LogP contribution in [0.2, 0.25) is 0 Å². The van der Waals surface area contributed by atoms with Crippen LogP contribution in [-0.2, 0) is 29.1 Å². The molecule has 2 saturated heterocycles. The summed E-state index contributed by atoms with van der Waals surface area (Å²) in [4.78, 5) is 43.5. The van der Waals surface area contributed by atoms with Crippen molar-refractivity contribution in [3.63, 3.8) is 0 Å². The molecule has 0 radical (unpaired) electrons. The lowest BCUT2D eigenvalue weighted by Crippen LogP contribution is -2.66. The van der Waals surface area contributed by atoms with E-state index in [1.165, 1.54) is 33.0 Å². The van der Waals surface area contributed by atoms with E-state index in [-0.39, 0.29) is 56.4 Å². The van der Waals surface area contributed by atoms with Crippen LogP contribution < -0.4 is 5.32 Å². The number of rotatable bonds is 9. The predicted octanol–water partition coefficient (Wildman–Crippen LogP) is 3.55. The first-order valence-corrected chi connectivity index (χ1v) is 13.6. The number of fused-ring (bicyclic) bond motifs is 1. The van der Waals surface area contributed by atoms with Crippen molar-refractivity contribution in [2.24, 2.45) is 0 Å². The van der Waals surface area contributed by atoms with Crippen molar-refractivity contribution in [1.82, 2.24) is 25.1 Å². The normalized spacial score (nSPS) is 18.5. The van der Waals surface area contributed by atoms with Gasteiger partial charge in [0.05, 0.1) is 19.6 Å². The molecule has 2 aliphatic rings. The molecule has 2 heterocycles. The number of piperazine rings is 1. The van der Waals surface area contributed by atoms with Crippen molar-refractivity contribution in [2.75, 3.05) is 19.6 Å². The summed E-state index contributed by atoms with van der Waals surface area (Å²) in [5, 5.41) is 15.5. The van der Waals surface area contributed by atoms with E-state index in [1.807, 2.05) is 30.3 Å². The van der Waals surface area contributed by atoms with Crippen LogP contribution in [0.5, 0.6) is 5.75 Å². The summed E-state index contributed by atoms with van der Waals surface area (Å²) in [7, 11) is 0. The summed E-state index contributed by atoms with van der Waals surface area (Å²) in [5.41, 5.74) is 1.56. The van der Waals surface area contributed by atoms with Gasteiger partial charge in [-0.1, -0.05) is 48.5 Å². The van der Waals surface area contributed by atoms with Crippen LogP contribution in [0.25, 0.3) is 0 Å². The molecule has 0 aliphatic carbocycles. The molecule has 0 spiro atoms. The van der Waals surface area contributed by atoms with Crippen LogP contribution in [0.4, 0.5) is 18.0 Å². The van der Waals surface area contributed by atoms with Crippen molar-refractivity contribution in [3.05, 3.63) is 114 Å². The Kier molecular flexibility index (Phi) is 8.67. The molecule has 3 aromatic rings. The molecule has 0 aromatic heterocycles. The van der Waals surface area contributed by atoms with Gasteiger partial charge >= 0.3 is 6.03 Å². The summed E-state index contributed by atoms with van der Waals surface area (Å²) in [6, 6.07) is 15.6. The van der Waals surface area contributed by atoms with Crippen LogP contribution in [-0.4, -0.2) is 74.6 Å². The highest BCUT2D eigenvalue weighted by Gasteiger charge is 2.52. The first-order valence-electron chi connectivity index (χ1n) is 13.6. The second kappa shape index (κ2) is 12.6. The second-order valence-electron chi connectivity index (χ2n) is 10.4. The first kappa shape index (κ1) is 29.6. The van der Waals surface area contributed by atoms with Crippen molar-refractivity contribution in [3.8, 4) is 5.75 Å². The highest BCUT2D eigenvalue weighted by atomic mass is 19.2. The number of hydrogen-bond donors (Lipinski definition) is 2. The smallest absolute Gasteiger partial charge is 0.332 e. The number of nitrogens with zero attached hydrogens (tertiary/aromatic N) is 4. The Morgan fingerprint density at radius 1 is 1.00 bits per heavy atom. The maximum Gasteiger partial charge on any atom is 0.332 e. The molecule has 5 rings (SSSR count). The number of benzene rings is 3. The van der Waals surface area contributed by atoms with E-state index in [0.29, 0.717) is 5.56 Å². The zero-order valence-corrected chi connectivity index (χ0v) is 23.1. The van der Waals surface area contributed by atoms with Gasteiger partial charge in [-0.05, 0) is 41.0 Å². The van der Waals surface area contributed by atoms with E-state index in [2.05, 4.69) is 11.9 Å². The highest BCUT2D eigenvalue weighted by molar-refractivity contribution is 5.91. The number of carbonyl (C=O) groups is 3. The molecule has 0 unspecified atom stereocenters. The summed E-state index contributed by atoms with van der Waals surface area (Å²) < 4.78 is 41.7. The summed E-state index contributed by atoms with van der Waals surface area (Å²) in [6.45, 7) is 3.49. The van der Waals surface area contributed by atoms with E-state index < -0.39 is 41.6 Å². The molecule has 43 heavy (non-hydrogen) atoms. The van der Waals surface area contributed by atoms with E-state index in [9.17, 15) is 32.7 Å². The van der Waals surface area contributed by atoms with Gasteiger partial charge in [0.15, 0.2) is 17.5 Å². The second-order valence-corrected chi connectivity index (χ2v) is 10.4. The monoisotopic (exact) mass is 593 g/mol. The molecule has 0 saturated carbocycles. The van der Waals surface area contributed by atoms with Crippen molar-refractivity contribution in [1.29, 1.82) is 0 Å². The van der Waals surface area contributed by atoms with Gasteiger partial charge in [0.25, 0.3) is 0 Å². The van der Waals surface area contributed by atoms with Crippen LogP contribution in [0.15, 0.2) is 79.4 Å². The number of halogens is 3. The Labute approximate surface area is 246 Å². The Hall–Kier alpha value is -4.84. The number of hydrogen-bond acceptors (Lipinski definition) is 5. The molecule has 2 N–H and O–H groups in total. The molecule has 3 aromatic carbocycles. The number of phenolic OH excluding ortho intramolecular Hbond substituents is 1. The average Bonchev–Trinajstić information content (AvgIpc) is 3.32. The van der Waals surface area contributed by atoms with Gasteiger partial charge in [-0.25, -0.2) is 18.0 Å². The Bertz CT molecular complexity index is 1500. The Morgan fingerprint density at radius 2 is 1.67 bits per heavy atom. The number of hydrazine groups is 1. The third-order valence-electron chi connectivity index (χ3n) is 7.48. The quantitative estimate of drug-likeness (QED) is 0.292. The molecule has 12 heteroatoms. The van der Waals surface area contributed by atoms with Gasteiger partial charge in [-0.15, -0.1) is 6.58 Å². The molecule has 0 bridgehead atoms. The van der Waals surface area contributed by atoms with Crippen LogP contribution in [0.1, 0.15) is 16.7 Å². The van der Waals surface area contributed by atoms with Crippen LogP contribution in [0, 0.1) is 17.5 Å². The van der Waals surface area contributed by atoms with Gasteiger partial charge in [0.1, 0.15) is 18.0 Å². The topological polar surface area (TPSA) is 96.4 Å². The molecular formula is C31H30F3N5O4. The van der Waals surface area contributed by atoms with Crippen molar-refractivity contribution in [2.45, 2.75) is 31.7 Å². The summed E-state index contributed by atoms with van der Waals surface area (Å²) in [6.07, 6.45) is 0.795. The molecule has 2 fully saturated rings. The third-order valence-corrected chi connectivity index (χ3v) is 7.48. The molecule has 224 valence electrons. The van der Waals surface area contributed by atoms with Gasteiger partial charge < -0.3 is 20.2 Å². The first-order chi connectivity index (χ1) is 20.7. The lowest BCUT2D eigenvalue weighted by Gasteiger charge is -2.46. The van der Waals surface area contributed by atoms with E-state index in [4.69, 9.17) is 0 Å². The van der Waals surface area contributed by atoms with Gasteiger partial charge in [-0.3, -0.25) is 14.6 Å². The Balaban J connectivity index is 1.45. The fourth-order valence-corrected chi connectivity index (χ4v) is 5.46. The zero-order valence-electron chi connectivity index (χ0n) is 23.1. The van der Waals surface area contributed by atoms with Gasteiger partial charge in [0, 0.05) is 19.5 Å². The summed E-state index contributed by atoms with van der Waals surface area (Å²) in [5.74, 6) is -5.21. The molecule has 2 atom stereocenters. The van der Waals surface area contributed by atoms with E-state index >= 15 is 0 Å². The SMILES string of the molecule is C=CCN(C(=O)NCc1ccccc1)N1CC(=O)N2[C@@H](Cc3ccc(O)cc3)C(=O)N(Cc3cc(F)c(F)c(F)c3)C[C@@H]21. The van der Waals surface area contributed by atoms with Crippen molar-refractivity contribution >= 4 is 17.8 Å². The Morgan fingerprint density at radius 3 is 2.33 bits per heavy atom. The largest absolute Gasteiger partial charge is 0.508 e. The van der Waals surface area contributed by atoms with E-state index in [0.717, 1.165) is 17.7 Å². The maximum atomic E-state index is 14.0. The highest BCUT2D eigenvalue weighted by Crippen LogP contribution is 2.31. The third kappa shape index (κ3) is 6.33. The standard InChI is InChI=1S/C31H30F3N5O4/c1-2-12-37(31(43)35-16-21-6-4-3-5-7-21)38-19-28(41)39-26(15-20-8-10-23(40)11-9-20)30(42)36(18-27(38)39)17-22-13-24(32)29(34)25(33)14-22/h2-11,13-14,26-27,40H,1,12,15-19H2,(H,35,43)/t26-,27+/m0/s1. The van der Waals surface area contributed by atoms with Gasteiger partial charge in [-0.2, -0.15) is 5.01 Å². The number of aromatic hydroxyl groups is 1. The minimum atomic E-state index is -1.61. The van der Waals surface area contributed by atoms with Crippen LogP contribution >= 0.6 is 0 Å². The number of nitrogens with one attached hydrogen (secondary N) is 1. The number of amides is 4. The molecular weight excluding hydrogens is 563 g/mol. The minimum Gasteiger partial charge on any atom is -0.508 e. The minimum absolute atomic E-state index is 0.0287.